The van der Waals surface area contributed by atoms with Crippen molar-refractivity contribution < 1.29 is 9.18 Å². The third-order valence-electron chi connectivity index (χ3n) is 3.51. The molecule has 4 heteroatoms. The maximum absolute atomic E-state index is 13.0. The molecule has 1 aromatic rings. The molecule has 0 unspecified atom stereocenters. The van der Waals surface area contributed by atoms with Crippen LogP contribution in [-0.4, -0.2) is 25.0 Å². The second kappa shape index (κ2) is 6.15. The van der Waals surface area contributed by atoms with E-state index in [1.165, 1.54) is 12.1 Å². The maximum Gasteiger partial charge on any atom is 0.229 e. The number of hydrogen-bond acceptors (Lipinski definition) is 2. The van der Waals surface area contributed by atoms with Crippen molar-refractivity contribution in [2.75, 3.05) is 18.0 Å². The number of rotatable bonds is 3. The van der Waals surface area contributed by atoms with Gasteiger partial charge in [0, 0.05) is 17.6 Å². The van der Waals surface area contributed by atoms with Crippen molar-refractivity contribution in [2.45, 2.75) is 32.7 Å². The van der Waals surface area contributed by atoms with Gasteiger partial charge in [-0.2, -0.15) is 0 Å². The van der Waals surface area contributed by atoms with Crippen molar-refractivity contribution in [2.24, 2.45) is 5.92 Å². The zero-order chi connectivity index (χ0) is 13.8. The van der Waals surface area contributed by atoms with Gasteiger partial charge in [0.2, 0.25) is 5.91 Å². The van der Waals surface area contributed by atoms with Crippen LogP contribution in [0.15, 0.2) is 24.3 Å². The smallest absolute Gasteiger partial charge is 0.229 e. The second-order valence-corrected chi connectivity index (χ2v) is 5.32. The Labute approximate surface area is 113 Å². The van der Waals surface area contributed by atoms with Crippen LogP contribution in [-0.2, 0) is 4.79 Å². The highest BCUT2D eigenvalue weighted by Gasteiger charge is 2.28. The molecule has 1 aromatic carbocycles. The van der Waals surface area contributed by atoms with E-state index in [1.54, 1.807) is 12.1 Å². The molecule has 0 spiro atoms. The molecule has 0 atom stereocenters. The molecule has 0 radical (unpaired) electrons. The normalized spacial score (nSPS) is 16.6. The van der Waals surface area contributed by atoms with Crippen molar-refractivity contribution >= 4 is 11.6 Å². The predicted octanol–water partition coefficient (Wildman–Crippen LogP) is 2.57. The van der Waals surface area contributed by atoms with Gasteiger partial charge in [-0.15, -0.1) is 0 Å². The Hall–Kier alpha value is -1.42. The van der Waals surface area contributed by atoms with Crippen LogP contribution in [0.3, 0.4) is 0 Å². The zero-order valence-electron chi connectivity index (χ0n) is 11.5. The first-order chi connectivity index (χ1) is 9.09. The van der Waals surface area contributed by atoms with Crippen molar-refractivity contribution in [3.05, 3.63) is 30.1 Å². The topological polar surface area (TPSA) is 32.3 Å². The minimum absolute atomic E-state index is 0.0556. The molecular weight excluding hydrogens is 243 g/mol. The molecule has 1 aliphatic heterocycles. The molecule has 1 saturated heterocycles. The zero-order valence-corrected chi connectivity index (χ0v) is 11.5. The second-order valence-electron chi connectivity index (χ2n) is 5.32. The van der Waals surface area contributed by atoms with E-state index in [4.69, 9.17) is 0 Å². The summed E-state index contributed by atoms with van der Waals surface area (Å²) in [4.78, 5) is 14.3. The van der Waals surface area contributed by atoms with E-state index in [0.717, 1.165) is 31.6 Å². The molecule has 0 aromatic heterocycles. The number of nitrogens with zero attached hydrogens (tertiary/aromatic N) is 1. The van der Waals surface area contributed by atoms with Gasteiger partial charge in [0.05, 0.1) is 0 Å². The van der Waals surface area contributed by atoms with Crippen molar-refractivity contribution in [3.8, 4) is 0 Å². The average molecular weight is 264 g/mol. The summed E-state index contributed by atoms with van der Waals surface area (Å²) in [5, 5.41) is 3.30. The van der Waals surface area contributed by atoms with Crippen LogP contribution in [0.25, 0.3) is 0 Å². The van der Waals surface area contributed by atoms with E-state index in [2.05, 4.69) is 5.32 Å². The Balaban J connectivity index is 2.27. The fourth-order valence-electron chi connectivity index (χ4n) is 2.46. The Morgan fingerprint density at radius 3 is 2.37 bits per heavy atom. The molecule has 0 aliphatic carbocycles. The summed E-state index contributed by atoms with van der Waals surface area (Å²) in [7, 11) is 0. The van der Waals surface area contributed by atoms with Crippen LogP contribution in [0.2, 0.25) is 0 Å². The van der Waals surface area contributed by atoms with Crippen LogP contribution < -0.4 is 10.2 Å². The summed E-state index contributed by atoms with van der Waals surface area (Å²) in [5.74, 6) is -0.218. The quantitative estimate of drug-likeness (QED) is 0.910. The highest BCUT2D eigenvalue weighted by atomic mass is 19.1. The van der Waals surface area contributed by atoms with Gasteiger partial charge in [-0.25, -0.2) is 4.39 Å². The molecule has 1 amide bonds. The highest BCUT2D eigenvalue weighted by Crippen LogP contribution is 2.24. The monoisotopic (exact) mass is 264 g/mol. The third-order valence-corrected chi connectivity index (χ3v) is 3.51. The van der Waals surface area contributed by atoms with Gasteiger partial charge in [-0.1, -0.05) is 13.8 Å². The van der Waals surface area contributed by atoms with E-state index in [0.29, 0.717) is 0 Å². The Morgan fingerprint density at radius 2 is 1.84 bits per heavy atom. The maximum atomic E-state index is 13.0. The van der Waals surface area contributed by atoms with Gasteiger partial charge in [0.15, 0.2) is 0 Å². The Morgan fingerprint density at radius 1 is 1.26 bits per heavy atom. The first-order valence-corrected chi connectivity index (χ1v) is 6.89. The molecule has 1 N–H and O–H groups in total. The fraction of sp³-hybridized carbons (Fsp3) is 0.533. The fourth-order valence-corrected chi connectivity index (χ4v) is 2.46. The number of carbonyl (C=O) groups excluding carboxylic acids is 1. The van der Waals surface area contributed by atoms with E-state index in [-0.39, 0.29) is 23.7 Å². The number of amides is 1. The lowest BCUT2D eigenvalue weighted by Crippen LogP contribution is -2.47. The van der Waals surface area contributed by atoms with Gasteiger partial charge in [-0.05, 0) is 50.2 Å². The van der Waals surface area contributed by atoms with Crippen LogP contribution in [0, 0.1) is 11.7 Å². The van der Waals surface area contributed by atoms with Gasteiger partial charge in [-0.3, -0.25) is 4.79 Å². The number of nitrogens with one attached hydrogen (secondary N) is 1. The largest absolute Gasteiger partial charge is 0.317 e. The molecule has 104 valence electrons. The Bertz CT molecular complexity index is 424. The summed E-state index contributed by atoms with van der Waals surface area (Å²) in [5.41, 5.74) is 0.798. The van der Waals surface area contributed by atoms with Crippen molar-refractivity contribution in [3.63, 3.8) is 0 Å². The molecule has 2 rings (SSSR count). The van der Waals surface area contributed by atoms with Crippen LogP contribution in [0.1, 0.15) is 26.7 Å². The van der Waals surface area contributed by atoms with Gasteiger partial charge in [0.1, 0.15) is 5.82 Å². The van der Waals surface area contributed by atoms with E-state index >= 15 is 0 Å². The molecule has 1 aliphatic rings. The van der Waals surface area contributed by atoms with Crippen LogP contribution in [0.4, 0.5) is 10.1 Å². The lowest BCUT2D eigenvalue weighted by molar-refractivity contribution is -0.122. The van der Waals surface area contributed by atoms with Crippen LogP contribution >= 0.6 is 0 Å². The molecule has 19 heavy (non-hydrogen) atoms. The Kier molecular flexibility index (Phi) is 4.53. The minimum atomic E-state index is -0.272. The molecule has 0 bridgehead atoms. The van der Waals surface area contributed by atoms with Crippen molar-refractivity contribution in [1.82, 2.24) is 5.32 Å². The van der Waals surface area contributed by atoms with E-state index in [9.17, 15) is 9.18 Å². The van der Waals surface area contributed by atoms with Gasteiger partial charge < -0.3 is 10.2 Å². The summed E-state index contributed by atoms with van der Waals surface area (Å²) < 4.78 is 13.0. The standard InChI is InChI=1S/C15H21FN2O/c1-11(2)15(19)18(14-7-9-17-10-8-14)13-5-3-12(16)4-6-13/h3-6,11,14,17H,7-10H2,1-2H3. The lowest BCUT2D eigenvalue weighted by Gasteiger charge is -2.35. The lowest BCUT2D eigenvalue weighted by atomic mass is 10.0. The van der Waals surface area contributed by atoms with E-state index in [1.807, 2.05) is 18.7 Å². The number of carbonyl (C=O) groups is 1. The number of hydrogen-bond donors (Lipinski definition) is 1. The average Bonchev–Trinajstić information content (AvgIpc) is 2.42. The SMILES string of the molecule is CC(C)C(=O)N(c1ccc(F)cc1)C1CCNCC1. The van der Waals surface area contributed by atoms with Gasteiger partial charge >= 0.3 is 0 Å². The summed E-state index contributed by atoms with van der Waals surface area (Å²) in [6, 6.07) is 6.42. The summed E-state index contributed by atoms with van der Waals surface area (Å²) in [6.45, 7) is 5.65. The molecular formula is C15H21FN2O. The summed E-state index contributed by atoms with van der Waals surface area (Å²) >= 11 is 0. The number of benzene rings is 1. The first-order valence-electron chi connectivity index (χ1n) is 6.89. The van der Waals surface area contributed by atoms with Crippen LogP contribution in [0.5, 0.6) is 0 Å². The van der Waals surface area contributed by atoms with Gasteiger partial charge in [0.25, 0.3) is 0 Å². The molecule has 1 fully saturated rings. The first kappa shape index (κ1) is 14.0. The third kappa shape index (κ3) is 3.32. The number of halogens is 1. The number of piperidine rings is 1. The predicted molar refractivity (Wildman–Crippen MR) is 74.6 cm³/mol. The molecule has 1 heterocycles. The minimum Gasteiger partial charge on any atom is -0.317 e. The number of anilines is 1. The molecule has 0 saturated carbocycles. The molecule has 3 nitrogen and oxygen atoms in total. The summed E-state index contributed by atoms with van der Waals surface area (Å²) in [6.07, 6.45) is 1.88. The van der Waals surface area contributed by atoms with Crippen molar-refractivity contribution in [1.29, 1.82) is 0 Å². The highest BCUT2D eigenvalue weighted by molar-refractivity contribution is 5.95. The van der Waals surface area contributed by atoms with E-state index < -0.39 is 0 Å².